The Morgan fingerprint density at radius 2 is 1.55 bits per heavy atom. The molecule has 0 radical (unpaired) electrons. The molecule has 3 heteroatoms. The van der Waals surface area contributed by atoms with Crippen LogP contribution in [0.2, 0.25) is 0 Å². The Morgan fingerprint density at radius 1 is 1.00 bits per heavy atom. The summed E-state index contributed by atoms with van der Waals surface area (Å²) in [5.74, 6) is 0.654. The highest BCUT2D eigenvalue weighted by Gasteiger charge is 2.25. The van der Waals surface area contributed by atoms with Crippen LogP contribution in [0.15, 0.2) is 78.3 Å². The van der Waals surface area contributed by atoms with Crippen LogP contribution in [-0.4, -0.2) is 31.3 Å². The Hall–Kier alpha value is -2.52. The lowest BCUT2D eigenvalue weighted by Crippen LogP contribution is -2.31. The molecule has 0 amide bonds. The second-order valence-electron chi connectivity index (χ2n) is 7.68. The molecule has 3 atom stereocenters. The third-order valence-corrected chi connectivity index (χ3v) is 5.24. The third-order valence-electron chi connectivity index (χ3n) is 5.24. The van der Waals surface area contributed by atoms with Crippen LogP contribution >= 0.6 is 0 Å². The fourth-order valence-corrected chi connectivity index (χ4v) is 3.43. The van der Waals surface area contributed by atoms with E-state index in [1.807, 2.05) is 66.7 Å². The smallest absolute Gasteiger partial charge is 0.183 e. The van der Waals surface area contributed by atoms with Gasteiger partial charge < -0.3 is 4.74 Å². The quantitative estimate of drug-likeness (QED) is 0.342. The van der Waals surface area contributed by atoms with E-state index in [1.165, 1.54) is 0 Å². The van der Waals surface area contributed by atoms with Crippen LogP contribution < -0.4 is 0 Å². The minimum atomic E-state index is -0.426. The minimum absolute atomic E-state index is 0.0288. The van der Waals surface area contributed by atoms with Crippen LogP contribution in [0.3, 0.4) is 0 Å². The fourth-order valence-electron chi connectivity index (χ4n) is 3.43. The Morgan fingerprint density at radius 3 is 2.03 bits per heavy atom. The molecule has 154 valence electrons. The maximum atomic E-state index is 12.9. The summed E-state index contributed by atoms with van der Waals surface area (Å²) in [7, 11) is 1.56. The molecule has 0 aromatic heterocycles. The molecule has 0 heterocycles. The van der Waals surface area contributed by atoms with Crippen LogP contribution in [-0.2, 0) is 9.53 Å². The second-order valence-corrected chi connectivity index (χ2v) is 7.68. The first-order valence-corrected chi connectivity index (χ1v) is 10.4. The van der Waals surface area contributed by atoms with Crippen molar-refractivity contribution in [1.29, 1.82) is 0 Å². The molecule has 0 saturated carbocycles. The largest absolute Gasteiger partial charge is 0.377 e. The zero-order chi connectivity index (χ0) is 21.1. The molecule has 0 bridgehead atoms. The Balaban J connectivity index is 2.36. The molecule has 0 N–H and O–H groups in total. The molecule has 29 heavy (non-hydrogen) atoms. The molecule has 2 unspecified atom stereocenters. The summed E-state index contributed by atoms with van der Waals surface area (Å²) >= 11 is 0. The molecule has 0 spiro atoms. The van der Waals surface area contributed by atoms with Crippen molar-refractivity contribution in [3.8, 4) is 0 Å². The summed E-state index contributed by atoms with van der Waals surface area (Å²) in [6.07, 6.45) is 5.05. The summed E-state index contributed by atoms with van der Waals surface area (Å²) in [5.41, 5.74) is 2.88. The van der Waals surface area contributed by atoms with E-state index in [4.69, 9.17) is 9.73 Å². The Bertz CT molecular complexity index is 741. The van der Waals surface area contributed by atoms with Gasteiger partial charge in [0.2, 0.25) is 0 Å². The van der Waals surface area contributed by atoms with Crippen molar-refractivity contribution in [2.24, 2.45) is 16.8 Å². The molecular formula is C26H33NO2. The molecular weight excluding hydrogens is 358 g/mol. The number of ether oxygens (including phenoxy) is 1. The van der Waals surface area contributed by atoms with E-state index in [2.05, 4.69) is 20.4 Å². The normalized spacial score (nSPS) is 13.9. The van der Waals surface area contributed by atoms with Crippen molar-refractivity contribution >= 4 is 11.5 Å². The van der Waals surface area contributed by atoms with Crippen molar-refractivity contribution in [3.63, 3.8) is 0 Å². The minimum Gasteiger partial charge on any atom is -0.377 e. The Labute approximate surface area is 175 Å². The van der Waals surface area contributed by atoms with Crippen molar-refractivity contribution in [3.05, 3.63) is 84.4 Å². The molecule has 0 aliphatic heterocycles. The number of methoxy groups -OCH3 is 1. The highest BCUT2D eigenvalue weighted by atomic mass is 16.5. The second kappa shape index (κ2) is 12.1. The molecule has 0 saturated heterocycles. The van der Waals surface area contributed by atoms with Gasteiger partial charge in [-0.15, -0.1) is 6.58 Å². The van der Waals surface area contributed by atoms with Gasteiger partial charge in [0.05, 0.1) is 5.71 Å². The molecule has 0 fully saturated rings. The van der Waals surface area contributed by atoms with E-state index in [-0.39, 0.29) is 18.3 Å². The van der Waals surface area contributed by atoms with Crippen molar-refractivity contribution in [2.75, 3.05) is 13.7 Å². The first-order chi connectivity index (χ1) is 14.1. The number of hydrogen-bond acceptors (Lipinski definition) is 3. The molecule has 3 nitrogen and oxygen atoms in total. The lowest BCUT2D eigenvalue weighted by molar-refractivity contribution is -0.124. The standard InChI is InChI=1S/C26H33NO2/c1-5-20(2)13-12-14-21(3)25(24(28)19-29-4)27-26(22-15-8-6-9-16-22)23-17-10-7-11-18-23/h5-11,15-18,20-21,25H,1,12-14,19H2,2-4H3/t20?,21-,25?/m1/s1. The van der Waals surface area contributed by atoms with Gasteiger partial charge in [0, 0.05) is 18.2 Å². The van der Waals surface area contributed by atoms with Gasteiger partial charge in [0.15, 0.2) is 5.78 Å². The van der Waals surface area contributed by atoms with E-state index in [9.17, 15) is 4.79 Å². The van der Waals surface area contributed by atoms with E-state index in [1.54, 1.807) is 7.11 Å². The zero-order valence-corrected chi connectivity index (χ0v) is 17.9. The van der Waals surface area contributed by atoms with Crippen LogP contribution in [0.4, 0.5) is 0 Å². The molecule has 2 aromatic carbocycles. The van der Waals surface area contributed by atoms with Crippen molar-refractivity contribution in [2.45, 2.75) is 39.2 Å². The summed E-state index contributed by atoms with van der Waals surface area (Å²) < 4.78 is 5.16. The monoisotopic (exact) mass is 391 g/mol. The zero-order valence-electron chi connectivity index (χ0n) is 17.9. The maximum absolute atomic E-state index is 12.9. The number of benzene rings is 2. The number of allylic oxidation sites excluding steroid dienone is 1. The summed E-state index contributed by atoms with van der Waals surface area (Å²) in [6, 6.07) is 19.7. The molecule has 2 aromatic rings. The van der Waals surface area contributed by atoms with Gasteiger partial charge in [-0.1, -0.05) is 87.0 Å². The number of carbonyl (C=O) groups is 1. The number of carbonyl (C=O) groups excluding carboxylic acids is 1. The van der Waals surface area contributed by atoms with E-state index in [0.29, 0.717) is 5.92 Å². The SMILES string of the molecule is C=CC(C)CCC[C@@H](C)C(N=C(c1ccccc1)c1ccccc1)C(=O)COC. The lowest BCUT2D eigenvalue weighted by atomic mass is 9.90. The van der Waals surface area contributed by atoms with E-state index < -0.39 is 6.04 Å². The van der Waals surface area contributed by atoms with E-state index in [0.717, 1.165) is 36.1 Å². The third kappa shape index (κ3) is 7.10. The number of nitrogens with zero attached hydrogens (tertiary/aromatic N) is 1. The maximum Gasteiger partial charge on any atom is 0.183 e. The van der Waals surface area contributed by atoms with Crippen LogP contribution in [0.25, 0.3) is 0 Å². The van der Waals surface area contributed by atoms with E-state index >= 15 is 0 Å². The number of rotatable bonds is 12. The van der Waals surface area contributed by atoms with Gasteiger partial charge in [-0.2, -0.15) is 0 Å². The lowest BCUT2D eigenvalue weighted by Gasteiger charge is -2.21. The predicted octanol–water partition coefficient (Wildman–Crippen LogP) is 5.74. The fraction of sp³-hybridized carbons (Fsp3) is 0.385. The van der Waals surface area contributed by atoms with Crippen LogP contribution in [0.5, 0.6) is 0 Å². The van der Waals surface area contributed by atoms with Gasteiger partial charge in [-0.3, -0.25) is 9.79 Å². The van der Waals surface area contributed by atoms with Gasteiger partial charge >= 0.3 is 0 Å². The Kier molecular flexibility index (Phi) is 9.52. The summed E-state index contributed by atoms with van der Waals surface area (Å²) in [4.78, 5) is 17.9. The van der Waals surface area contributed by atoms with Crippen LogP contribution in [0.1, 0.15) is 44.2 Å². The number of hydrogen-bond donors (Lipinski definition) is 0. The van der Waals surface area contributed by atoms with Crippen molar-refractivity contribution in [1.82, 2.24) is 0 Å². The first-order valence-electron chi connectivity index (χ1n) is 10.4. The van der Waals surface area contributed by atoms with Gasteiger partial charge in [0.25, 0.3) is 0 Å². The van der Waals surface area contributed by atoms with Gasteiger partial charge in [-0.25, -0.2) is 0 Å². The highest BCUT2D eigenvalue weighted by Crippen LogP contribution is 2.22. The molecule has 0 aliphatic rings. The average molecular weight is 392 g/mol. The average Bonchev–Trinajstić information content (AvgIpc) is 2.75. The summed E-state index contributed by atoms with van der Waals surface area (Å²) in [5, 5.41) is 0. The highest BCUT2D eigenvalue weighted by molar-refractivity contribution is 6.13. The first kappa shape index (κ1) is 22.8. The van der Waals surface area contributed by atoms with Crippen molar-refractivity contribution < 1.29 is 9.53 Å². The topological polar surface area (TPSA) is 38.7 Å². The molecule has 2 rings (SSSR count). The number of Topliss-reactive ketones (excluding diaryl/α,β-unsaturated/α-hetero) is 1. The number of ketones is 1. The number of aliphatic imine (C=N–C) groups is 1. The van der Waals surface area contributed by atoms with Crippen LogP contribution in [0, 0.1) is 11.8 Å². The summed E-state index contributed by atoms with van der Waals surface area (Å²) in [6.45, 7) is 8.23. The predicted molar refractivity (Wildman–Crippen MR) is 122 cm³/mol. The van der Waals surface area contributed by atoms with Gasteiger partial charge in [0.1, 0.15) is 12.6 Å². The van der Waals surface area contributed by atoms with Gasteiger partial charge in [-0.05, 0) is 24.7 Å². The molecule has 0 aliphatic carbocycles.